The Morgan fingerprint density at radius 2 is 1.84 bits per heavy atom. The van der Waals surface area contributed by atoms with Gasteiger partial charge in [-0.3, -0.25) is 9.59 Å². The van der Waals surface area contributed by atoms with Gasteiger partial charge in [0.25, 0.3) is 0 Å². The number of rotatable bonds is 7. The maximum atomic E-state index is 12.6. The van der Waals surface area contributed by atoms with E-state index in [0.717, 1.165) is 41.2 Å². The van der Waals surface area contributed by atoms with Crippen LogP contribution in [0.2, 0.25) is 0 Å². The molecule has 1 aliphatic heterocycles. The van der Waals surface area contributed by atoms with Crippen molar-refractivity contribution in [2.24, 2.45) is 0 Å². The Morgan fingerprint density at radius 1 is 1.06 bits per heavy atom. The molecular formula is C23H27N5O2S. The fraction of sp³-hybridized carbons (Fsp3) is 0.391. The number of amides is 2. The second kappa shape index (κ2) is 9.87. The van der Waals surface area contributed by atoms with Crippen molar-refractivity contribution in [1.29, 1.82) is 0 Å². The van der Waals surface area contributed by atoms with Crippen molar-refractivity contribution in [3.8, 4) is 0 Å². The number of piperazine rings is 1. The number of anilines is 2. The van der Waals surface area contributed by atoms with Crippen LogP contribution in [-0.2, 0) is 16.0 Å². The van der Waals surface area contributed by atoms with Gasteiger partial charge in [-0.05, 0) is 31.0 Å². The van der Waals surface area contributed by atoms with E-state index < -0.39 is 0 Å². The third kappa shape index (κ3) is 5.19. The van der Waals surface area contributed by atoms with E-state index in [4.69, 9.17) is 0 Å². The molecule has 162 valence electrons. The normalized spacial score (nSPS) is 14.1. The molecule has 0 atom stereocenters. The molecule has 0 spiro atoms. The number of aryl methyl sites for hydroxylation is 1. The molecule has 0 bridgehead atoms. The number of hydrogen-bond donors (Lipinski definition) is 1. The van der Waals surface area contributed by atoms with Gasteiger partial charge in [-0.1, -0.05) is 25.1 Å². The molecule has 7 nitrogen and oxygen atoms in total. The Hall–Kier alpha value is -3.00. The molecule has 2 amide bonds. The summed E-state index contributed by atoms with van der Waals surface area (Å²) in [4.78, 5) is 40.0. The minimum atomic E-state index is -0.0567. The third-order valence-corrected chi connectivity index (χ3v) is 6.68. The number of para-hydroxylation sites is 1. The van der Waals surface area contributed by atoms with E-state index in [1.54, 1.807) is 17.7 Å². The van der Waals surface area contributed by atoms with Gasteiger partial charge in [0.1, 0.15) is 17.0 Å². The predicted molar refractivity (Wildman–Crippen MR) is 125 cm³/mol. The largest absolute Gasteiger partial charge is 0.352 e. The zero-order valence-corrected chi connectivity index (χ0v) is 18.5. The summed E-state index contributed by atoms with van der Waals surface area (Å²) in [6.45, 7) is 5.00. The summed E-state index contributed by atoms with van der Waals surface area (Å²) in [5.74, 6) is 1.02. The summed E-state index contributed by atoms with van der Waals surface area (Å²) >= 11 is 1.72. The van der Waals surface area contributed by atoms with E-state index in [-0.39, 0.29) is 11.8 Å². The number of nitrogens with one attached hydrogen (secondary N) is 1. The third-order valence-electron chi connectivity index (χ3n) is 5.49. The lowest BCUT2D eigenvalue weighted by Gasteiger charge is -2.35. The lowest BCUT2D eigenvalue weighted by atomic mass is 10.2. The summed E-state index contributed by atoms with van der Waals surface area (Å²) in [5.41, 5.74) is 0.783. The Balaban J connectivity index is 1.25. The standard InChI is InChI=1S/C23H27N5O2S/c1-2-18-15-19-22(24-16-25-23(19)31-18)28-13-11-27(12-14-28)21(30)10-6-9-20(29)26-17-7-4-3-5-8-17/h3-5,7-8,15-16H,2,6,9-14H2,1H3,(H,26,29). The lowest BCUT2D eigenvalue weighted by Crippen LogP contribution is -2.49. The number of aromatic nitrogens is 2. The molecule has 0 aliphatic carbocycles. The van der Waals surface area contributed by atoms with Crippen molar-refractivity contribution in [3.05, 3.63) is 47.6 Å². The highest BCUT2D eigenvalue weighted by molar-refractivity contribution is 7.18. The van der Waals surface area contributed by atoms with Crippen LogP contribution >= 0.6 is 11.3 Å². The SMILES string of the molecule is CCc1cc2c(N3CCN(C(=O)CCCC(=O)Nc4ccccc4)CC3)ncnc2s1. The monoisotopic (exact) mass is 437 g/mol. The molecule has 3 heterocycles. The fourth-order valence-corrected chi connectivity index (χ4v) is 4.72. The summed E-state index contributed by atoms with van der Waals surface area (Å²) in [5, 5.41) is 3.96. The van der Waals surface area contributed by atoms with Gasteiger partial charge >= 0.3 is 0 Å². The van der Waals surface area contributed by atoms with Crippen LogP contribution in [0.15, 0.2) is 42.7 Å². The number of carbonyl (C=O) groups excluding carboxylic acids is 2. The molecule has 0 unspecified atom stereocenters. The minimum Gasteiger partial charge on any atom is -0.352 e. The zero-order valence-electron chi connectivity index (χ0n) is 17.7. The Morgan fingerprint density at radius 3 is 2.58 bits per heavy atom. The van der Waals surface area contributed by atoms with E-state index in [1.165, 1.54) is 4.88 Å². The molecule has 3 aromatic rings. The van der Waals surface area contributed by atoms with Crippen LogP contribution in [0.4, 0.5) is 11.5 Å². The first-order valence-corrected chi connectivity index (χ1v) is 11.6. The number of nitrogens with zero attached hydrogens (tertiary/aromatic N) is 4. The molecule has 1 fully saturated rings. The summed E-state index contributed by atoms with van der Waals surface area (Å²) in [6, 6.07) is 11.6. The molecule has 0 saturated carbocycles. The fourth-order valence-electron chi connectivity index (χ4n) is 3.79. The second-order valence-electron chi connectivity index (χ2n) is 7.62. The molecule has 2 aromatic heterocycles. The maximum Gasteiger partial charge on any atom is 0.224 e. The molecule has 1 N–H and O–H groups in total. The Bertz CT molecular complexity index is 1040. The van der Waals surface area contributed by atoms with E-state index in [9.17, 15) is 9.59 Å². The molecule has 8 heteroatoms. The molecule has 1 aliphatic rings. The van der Waals surface area contributed by atoms with Crippen molar-refractivity contribution in [2.75, 3.05) is 36.4 Å². The van der Waals surface area contributed by atoms with Crippen molar-refractivity contribution in [1.82, 2.24) is 14.9 Å². The van der Waals surface area contributed by atoms with Crippen LogP contribution in [0.3, 0.4) is 0 Å². The topological polar surface area (TPSA) is 78.4 Å². The number of carbonyl (C=O) groups is 2. The lowest BCUT2D eigenvalue weighted by molar-refractivity contribution is -0.131. The van der Waals surface area contributed by atoms with Crippen LogP contribution in [0.25, 0.3) is 10.2 Å². The van der Waals surface area contributed by atoms with Gasteiger partial charge in [-0.15, -0.1) is 11.3 Å². The number of thiophene rings is 1. The first-order chi connectivity index (χ1) is 15.1. The highest BCUT2D eigenvalue weighted by Gasteiger charge is 2.23. The van der Waals surface area contributed by atoms with Gasteiger partial charge in [-0.25, -0.2) is 9.97 Å². The number of hydrogen-bond acceptors (Lipinski definition) is 6. The van der Waals surface area contributed by atoms with Crippen LogP contribution in [0.5, 0.6) is 0 Å². The number of benzene rings is 1. The van der Waals surface area contributed by atoms with Gasteiger partial charge in [0, 0.05) is 49.6 Å². The quantitative estimate of drug-likeness (QED) is 0.610. The van der Waals surface area contributed by atoms with Crippen LogP contribution in [0, 0.1) is 0 Å². The Kier molecular flexibility index (Phi) is 6.76. The van der Waals surface area contributed by atoms with Crippen LogP contribution in [0.1, 0.15) is 31.1 Å². The van der Waals surface area contributed by atoms with Gasteiger partial charge in [-0.2, -0.15) is 0 Å². The van der Waals surface area contributed by atoms with Gasteiger partial charge in [0.15, 0.2) is 0 Å². The van der Waals surface area contributed by atoms with E-state index in [1.807, 2.05) is 35.2 Å². The van der Waals surface area contributed by atoms with Crippen molar-refractivity contribution < 1.29 is 9.59 Å². The van der Waals surface area contributed by atoms with Gasteiger partial charge < -0.3 is 15.1 Å². The highest BCUT2D eigenvalue weighted by Crippen LogP contribution is 2.31. The van der Waals surface area contributed by atoms with Crippen LogP contribution in [-0.4, -0.2) is 52.9 Å². The maximum absolute atomic E-state index is 12.6. The average Bonchev–Trinajstić information content (AvgIpc) is 3.23. The molecule has 31 heavy (non-hydrogen) atoms. The first kappa shape index (κ1) is 21.2. The van der Waals surface area contributed by atoms with Crippen molar-refractivity contribution in [3.63, 3.8) is 0 Å². The van der Waals surface area contributed by atoms with Crippen molar-refractivity contribution >= 4 is 44.9 Å². The summed E-state index contributed by atoms with van der Waals surface area (Å²) in [6.07, 6.45) is 3.92. The second-order valence-corrected chi connectivity index (χ2v) is 8.73. The summed E-state index contributed by atoms with van der Waals surface area (Å²) in [7, 11) is 0. The van der Waals surface area contributed by atoms with E-state index in [2.05, 4.69) is 33.2 Å². The smallest absolute Gasteiger partial charge is 0.224 e. The Labute approximate surface area is 186 Å². The molecule has 1 saturated heterocycles. The van der Waals surface area contributed by atoms with Crippen LogP contribution < -0.4 is 10.2 Å². The molecule has 0 radical (unpaired) electrons. The zero-order chi connectivity index (χ0) is 21.6. The van der Waals surface area contributed by atoms with E-state index >= 15 is 0 Å². The highest BCUT2D eigenvalue weighted by atomic mass is 32.1. The molecule has 4 rings (SSSR count). The molecular weight excluding hydrogens is 410 g/mol. The predicted octanol–water partition coefficient (Wildman–Crippen LogP) is 3.71. The number of fused-ring (bicyclic) bond motifs is 1. The molecule has 1 aromatic carbocycles. The van der Waals surface area contributed by atoms with Gasteiger partial charge in [0.05, 0.1) is 5.39 Å². The minimum absolute atomic E-state index is 0.0567. The van der Waals surface area contributed by atoms with Crippen molar-refractivity contribution in [2.45, 2.75) is 32.6 Å². The van der Waals surface area contributed by atoms with E-state index in [0.29, 0.717) is 32.4 Å². The first-order valence-electron chi connectivity index (χ1n) is 10.7. The van der Waals surface area contributed by atoms with Gasteiger partial charge in [0.2, 0.25) is 11.8 Å². The summed E-state index contributed by atoms with van der Waals surface area (Å²) < 4.78 is 0. The average molecular weight is 438 g/mol.